The maximum Gasteiger partial charge on any atom is 0.219 e. The summed E-state index contributed by atoms with van der Waals surface area (Å²) in [6.45, 7) is 1.54. The summed E-state index contributed by atoms with van der Waals surface area (Å²) in [5.74, 6) is 0.277. The van der Waals surface area contributed by atoms with E-state index in [0.29, 0.717) is 0 Å². The van der Waals surface area contributed by atoms with Gasteiger partial charge in [0.15, 0.2) is 0 Å². The van der Waals surface area contributed by atoms with Crippen LogP contribution in [0.3, 0.4) is 0 Å². The second-order valence-electron chi connectivity index (χ2n) is 3.84. The molecule has 1 aromatic rings. The van der Waals surface area contributed by atoms with E-state index in [4.69, 9.17) is 0 Å². The van der Waals surface area contributed by atoms with E-state index >= 15 is 0 Å². The van der Waals surface area contributed by atoms with Gasteiger partial charge in [-0.05, 0) is 12.5 Å². The van der Waals surface area contributed by atoms with Gasteiger partial charge in [-0.3, -0.25) is 20.2 Å². The Morgan fingerprint density at radius 2 is 1.78 bits per heavy atom. The Morgan fingerprint density at radius 1 is 1.17 bits per heavy atom. The zero-order chi connectivity index (χ0) is 13.5. The van der Waals surface area contributed by atoms with Crippen molar-refractivity contribution in [3.05, 3.63) is 55.6 Å². The first-order valence-corrected chi connectivity index (χ1v) is 6.45. The molecule has 1 aromatic carbocycles. The van der Waals surface area contributed by atoms with Crippen molar-refractivity contribution < 1.29 is 9.85 Å². The van der Waals surface area contributed by atoms with Crippen LogP contribution in [0.5, 0.6) is 0 Å². The van der Waals surface area contributed by atoms with E-state index in [1.54, 1.807) is 0 Å². The zero-order valence-electron chi connectivity index (χ0n) is 9.94. The van der Waals surface area contributed by atoms with Gasteiger partial charge in [-0.2, -0.15) is 0 Å². The summed E-state index contributed by atoms with van der Waals surface area (Å²) < 4.78 is 0. The lowest BCUT2D eigenvalue weighted by Crippen LogP contribution is -2.12. The van der Waals surface area contributed by atoms with Crippen molar-refractivity contribution in [2.45, 2.75) is 12.2 Å². The van der Waals surface area contributed by atoms with Gasteiger partial charge >= 0.3 is 0 Å². The minimum Gasteiger partial charge on any atom is -0.265 e. The molecule has 0 bridgehead atoms. The summed E-state index contributed by atoms with van der Waals surface area (Å²) in [6.07, 6.45) is 0. The van der Waals surface area contributed by atoms with Gasteiger partial charge in [0.2, 0.25) is 13.1 Å². The topological polar surface area (TPSA) is 86.3 Å². The Morgan fingerprint density at radius 3 is 2.28 bits per heavy atom. The summed E-state index contributed by atoms with van der Waals surface area (Å²) in [5.41, 5.74) is 1.92. The van der Waals surface area contributed by atoms with Crippen molar-refractivity contribution in [2.24, 2.45) is 0 Å². The molecule has 0 N–H and O–H groups in total. The molecule has 0 radical (unpaired) electrons. The summed E-state index contributed by atoms with van der Waals surface area (Å²) in [7, 11) is 0. The third-order valence-electron chi connectivity index (χ3n) is 2.36. The number of hydrogen-bond donors (Lipinski definition) is 0. The standard InChI is InChI=1S/C11H14N2O4S/c1-9-2-4-10(5-3-9)11(8-13(16)17)18-7-6-12(14)15/h2-5,11H,6-8H2,1H3. The lowest BCUT2D eigenvalue weighted by atomic mass is 10.1. The maximum atomic E-state index is 10.6. The SMILES string of the molecule is Cc1ccc(C(C[N+](=O)[O-])SCC[N+](=O)[O-])cc1. The highest BCUT2D eigenvalue weighted by Crippen LogP contribution is 2.29. The number of rotatable bonds is 7. The van der Waals surface area contributed by atoms with Crippen LogP contribution >= 0.6 is 11.8 Å². The Balaban J connectivity index is 2.68. The first kappa shape index (κ1) is 14.4. The van der Waals surface area contributed by atoms with Crippen LogP contribution in [0.15, 0.2) is 24.3 Å². The fraction of sp³-hybridized carbons (Fsp3) is 0.455. The number of nitrogens with zero attached hydrogens (tertiary/aromatic N) is 2. The van der Waals surface area contributed by atoms with Gasteiger partial charge in [-0.1, -0.05) is 29.8 Å². The van der Waals surface area contributed by atoms with Crippen molar-refractivity contribution in [1.29, 1.82) is 0 Å². The van der Waals surface area contributed by atoms with Gasteiger partial charge in [-0.25, -0.2) is 0 Å². The van der Waals surface area contributed by atoms with Gasteiger partial charge in [0.1, 0.15) is 0 Å². The minimum atomic E-state index is -0.411. The Hall–Kier alpha value is -1.63. The van der Waals surface area contributed by atoms with E-state index in [1.165, 1.54) is 11.8 Å². The second-order valence-corrected chi connectivity index (χ2v) is 5.15. The first-order valence-electron chi connectivity index (χ1n) is 5.41. The molecule has 1 atom stereocenters. The normalized spacial score (nSPS) is 12.1. The van der Waals surface area contributed by atoms with E-state index < -0.39 is 4.92 Å². The average Bonchev–Trinajstić information content (AvgIpc) is 2.28. The summed E-state index contributed by atoms with van der Waals surface area (Å²) in [6, 6.07) is 7.44. The molecule has 18 heavy (non-hydrogen) atoms. The largest absolute Gasteiger partial charge is 0.265 e. The van der Waals surface area contributed by atoms with Gasteiger partial charge in [0.25, 0.3) is 0 Å². The van der Waals surface area contributed by atoms with E-state index in [2.05, 4.69) is 0 Å². The second kappa shape index (κ2) is 6.95. The smallest absolute Gasteiger partial charge is 0.219 e. The third-order valence-corrected chi connectivity index (χ3v) is 3.60. The highest BCUT2D eigenvalue weighted by atomic mass is 32.2. The molecule has 1 rings (SSSR count). The van der Waals surface area contributed by atoms with Crippen LogP contribution in [0.1, 0.15) is 16.4 Å². The molecule has 7 heteroatoms. The number of aryl methyl sites for hydroxylation is 1. The van der Waals surface area contributed by atoms with E-state index in [9.17, 15) is 20.2 Å². The van der Waals surface area contributed by atoms with Crippen molar-refractivity contribution >= 4 is 11.8 Å². The molecule has 0 amide bonds. The molecular weight excluding hydrogens is 256 g/mol. The molecule has 0 aliphatic carbocycles. The van der Waals surface area contributed by atoms with Crippen LogP contribution in [-0.2, 0) is 0 Å². The Kier molecular flexibility index (Phi) is 5.57. The molecular formula is C11H14N2O4S. The van der Waals surface area contributed by atoms with Crippen LogP contribution in [-0.4, -0.2) is 28.7 Å². The van der Waals surface area contributed by atoms with Crippen molar-refractivity contribution in [2.75, 3.05) is 18.8 Å². The molecule has 0 aromatic heterocycles. The number of thioether (sulfide) groups is 1. The van der Waals surface area contributed by atoms with Crippen LogP contribution < -0.4 is 0 Å². The summed E-state index contributed by atoms with van der Waals surface area (Å²) in [4.78, 5) is 20.1. The molecule has 0 saturated heterocycles. The number of benzene rings is 1. The summed E-state index contributed by atoms with van der Waals surface area (Å²) in [5, 5.41) is 20.5. The molecule has 0 fully saturated rings. The predicted molar refractivity (Wildman–Crippen MR) is 70.1 cm³/mol. The fourth-order valence-electron chi connectivity index (χ4n) is 1.44. The van der Waals surface area contributed by atoms with E-state index in [1.807, 2.05) is 31.2 Å². The monoisotopic (exact) mass is 270 g/mol. The van der Waals surface area contributed by atoms with Crippen molar-refractivity contribution in [3.63, 3.8) is 0 Å². The third kappa shape index (κ3) is 5.13. The van der Waals surface area contributed by atoms with Crippen LogP contribution in [0, 0.1) is 27.2 Å². The number of nitro groups is 2. The zero-order valence-corrected chi connectivity index (χ0v) is 10.8. The molecule has 0 heterocycles. The molecule has 1 unspecified atom stereocenters. The van der Waals surface area contributed by atoms with Crippen LogP contribution in [0.4, 0.5) is 0 Å². The lowest BCUT2D eigenvalue weighted by Gasteiger charge is -2.12. The van der Waals surface area contributed by atoms with Crippen LogP contribution in [0.2, 0.25) is 0 Å². The quantitative estimate of drug-likeness (QED) is 0.560. The van der Waals surface area contributed by atoms with Gasteiger partial charge < -0.3 is 0 Å². The average molecular weight is 270 g/mol. The maximum absolute atomic E-state index is 10.6. The Bertz CT molecular complexity index is 422. The van der Waals surface area contributed by atoms with Crippen molar-refractivity contribution in [3.8, 4) is 0 Å². The molecule has 0 saturated carbocycles. The Labute approximate surface area is 109 Å². The summed E-state index contributed by atoms with van der Waals surface area (Å²) >= 11 is 1.25. The predicted octanol–water partition coefficient (Wildman–Crippen LogP) is 2.32. The molecule has 6 nitrogen and oxygen atoms in total. The van der Waals surface area contributed by atoms with Gasteiger partial charge in [0, 0.05) is 9.85 Å². The molecule has 98 valence electrons. The van der Waals surface area contributed by atoms with Crippen LogP contribution in [0.25, 0.3) is 0 Å². The highest BCUT2D eigenvalue weighted by Gasteiger charge is 2.19. The van der Waals surface area contributed by atoms with Crippen molar-refractivity contribution in [1.82, 2.24) is 0 Å². The van der Waals surface area contributed by atoms with Gasteiger partial charge in [-0.15, -0.1) is 11.8 Å². The lowest BCUT2D eigenvalue weighted by molar-refractivity contribution is -0.480. The van der Waals surface area contributed by atoms with Gasteiger partial charge in [0.05, 0.1) is 11.0 Å². The molecule has 0 aliphatic rings. The fourth-order valence-corrected chi connectivity index (χ4v) is 2.56. The molecule has 0 aliphatic heterocycles. The minimum absolute atomic E-state index is 0.176. The number of hydrogen-bond acceptors (Lipinski definition) is 5. The molecule has 0 spiro atoms. The first-order chi connectivity index (χ1) is 8.49. The highest BCUT2D eigenvalue weighted by molar-refractivity contribution is 7.99. The van der Waals surface area contributed by atoms with E-state index in [0.717, 1.165) is 11.1 Å². The van der Waals surface area contributed by atoms with E-state index in [-0.39, 0.29) is 29.0 Å².